The third kappa shape index (κ3) is 4.80. The molecule has 0 saturated carbocycles. The van der Waals surface area contributed by atoms with E-state index < -0.39 is 26.8 Å². The molecule has 5 aromatic rings. The fourth-order valence-corrected chi connectivity index (χ4v) is 4.64. The van der Waals surface area contributed by atoms with Gasteiger partial charge in [-0.25, -0.2) is 4.98 Å². The van der Waals surface area contributed by atoms with Gasteiger partial charge in [0.1, 0.15) is 22.8 Å². The molecule has 0 fully saturated rings. The Morgan fingerprint density at radius 2 is 1.70 bits per heavy atom. The van der Waals surface area contributed by atoms with E-state index in [0.29, 0.717) is 44.7 Å². The van der Waals surface area contributed by atoms with Gasteiger partial charge in [-0.15, -0.1) is 12.4 Å². The average molecular weight is 551 g/mol. The number of methoxy groups -OCH3 is 1. The zero-order chi connectivity index (χ0) is 25.8. The number of benzene rings is 4. The van der Waals surface area contributed by atoms with Gasteiger partial charge in [0, 0.05) is 6.07 Å². The fourth-order valence-electron chi connectivity index (χ4n) is 4.10. The number of aromatic amines is 1. The Hall–Kier alpha value is -3.80. The van der Waals surface area contributed by atoms with E-state index in [1.54, 1.807) is 36.4 Å². The molecule has 37 heavy (non-hydrogen) atoms. The Kier molecular flexibility index (Phi) is 6.57. The summed E-state index contributed by atoms with van der Waals surface area (Å²) in [5.41, 5.74) is 1.53. The summed E-state index contributed by atoms with van der Waals surface area (Å²) in [5, 5.41) is 11.1. The van der Waals surface area contributed by atoms with Crippen molar-refractivity contribution in [2.75, 3.05) is 7.11 Å². The molecule has 7 nitrogen and oxygen atoms in total. The van der Waals surface area contributed by atoms with Gasteiger partial charge in [-0.2, -0.15) is 21.6 Å². The molecule has 4 aromatic carbocycles. The summed E-state index contributed by atoms with van der Waals surface area (Å²) in [4.78, 5) is 7.24. The number of rotatable bonds is 4. The number of ether oxygens (including phenoxy) is 1. The van der Waals surface area contributed by atoms with Crippen molar-refractivity contribution in [2.24, 2.45) is 0 Å². The first-order valence-electron chi connectivity index (χ1n) is 10.4. The Morgan fingerprint density at radius 1 is 0.973 bits per heavy atom. The van der Waals surface area contributed by atoms with Crippen molar-refractivity contribution in [2.45, 2.75) is 11.1 Å². The maximum Gasteiger partial charge on any atom is 0.416 e. The number of phenolic OH excluding ortho intramolecular Hbond substituents is 1. The fraction of sp³-hybridized carbons (Fsp3) is 0.0800. The van der Waals surface area contributed by atoms with Crippen molar-refractivity contribution in [1.82, 2.24) is 9.97 Å². The number of imidazole rings is 1. The molecule has 0 aliphatic carbocycles. The predicted octanol–water partition coefficient (Wildman–Crippen LogP) is 6.45. The van der Waals surface area contributed by atoms with Gasteiger partial charge in [-0.3, -0.25) is 4.55 Å². The average Bonchev–Trinajstić information content (AvgIpc) is 3.26. The molecular weight excluding hydrogens is 533 g/mol. The lowest BCUT2D eigenvalue weighted by Gasteiger charge is -2.11. The van der Waals surface area contributed by atoms with Crippen molar-refractivity contribution < 1.29 is 36.0 Å². The van der Waals surface area contributed by atoms with Crippen LogP contribution in [0.2, 0.25) is 0 Å². The first-order valence-corrected chi connectivity index (χ1v) is 11.9. The first-order chi connectivity index (χ1) is 17.0. The molecule has 0 saturated heterocycles. The van der Waals surface area contributed by atoms with Crippen molar-refractivity contribution >= 4 is 44.3 Å². The van der Waals surface area contributed by atoms with Gasteiger partial charge in [0.15, 0.2) is 0 Å². The molecule has 12 heteroatoms. The summed E-state index contributed by atoms with van der Waals surface area (Å²) < 4.78 is 77.2. The van der Waals surface area contributed by atoms with Gasteiger partial charge in [0.2, 0.25) is 0 Å². The zero-order valence-electron chi connectivity index (χ0n) is 18.9. The number of H-pyrrole nitrogens is 1. The molecule has 0 atom stereocenters. The quantitative estimate of drug-likeness (QED) is 0.222. The molecule has 0 amide bonds. The molecule has 0 radical (unpaired) electrons. The van der Waals surface area contributed by atoms with Gasteiger partial charge < -0.3 is 14.8 Å². The largest absolute Gasteiger partial charge is 0.507 e. The second-order valence-corrected chi connectivity index (χ2v) is 9.48. The highest BCUT2D eigenvalue weighted by Gasteiger charge is 2.30. The molecule has 5 rings (SSSR count). The standard InChI is InChI=1S/C25H17F3N2O5S.ClH/c1-35-21-11-14(13-3-2-4-16(9-13)25(26,27)28)5-7-18(21)24-29-19-8-6-15-10-17(36(32,33)34)12-20(31)22(15)23(19)30-24;/h2-12,31H,1H3,(H,29,30)(H,32,33,34);1H. The number of nitrogens with zero attached hydrogens (tertiary/aromatic N) is 1. The number of halogens is 4. The van der Waals surface area contributed by atoms with Crippen LogP contribution in [-0.2, 0) is 16.3 Å². The Morgan fingerprint density at radius 3 is 2.38 bits per heavy atom. The Labute approximate surface area is 214 Å². The molecule has 1 heterocycles. The second-order valence-electron chi connectivity index (χ2n) is 8.06. The Bertz CT molecular complexity index is 1770. The van der Waals surface area contributed by atoms with Crippen LogP contribution in [0.5, 0.6) is 11.5 Å². The lowest BCUT2D eigenvalue weighted by Crippen LogP contribution is -2.04. The molecule has 192 valence electrons. The first kappa shape index (κ1) is 26.3. The van der Waals surface area contributed by atoms with E-state index in [9.17, 15) is 31.2 Å². The highest BCUT2D eigenvalue weighted by Crippen LogP contribution is 2.39. The lowest BCUT2D eigenvalue weighted by molar-refractivity contribution is -0.137. The van der Waals surface area contributed by atoms with Crippen LogP contribution in [0.1, 0.15) is 5.56 Å². The van der Waals surface area contributed by atoms with Crippen LogP contribution in [0, 0.1) is 0 Å². The Balaban J connectivity index is 0.00000320. The molecule has 3 N–H and O–H groups in total. The summed E-state index contributed by atoms with van der Waals surface area (Å²) in [5.74, 6) is 0.338. The summed E-state index contributed by atoms with van der Waals surface area (Å²) in [6.07, 6.45) is -4.47. The number of alkyl halides is 3. The highest BCUT2D eigenvalue weighted by molar-refractivity contribution is 7.85. The van der Waals surface area contributed by atoms with Gasteiger partial charge in [0.25, 0.3) is 10.1 Å². The normalized spacial score (nSPS) is 12.0. The number of fused-ring (bicyclic) bond motifs is 3. The lowest BCUT2D eigenvalue weighted by atomic mass is 10.0. The molecule has 0 aliphatic rings. The number of aromatic nitrogens is 2. The number of aromatic hydroxyl groups is 1. The number of hydrogen-bond donors (Lipinski definition) is 3. The summed E-state index contributed by atoms with van der Waals surface area (Å²) in [7, 11) is -3.10. The number of nitrogens with one attached hydrogen (secondary N) is 1. The molecule has 0 unspecified atom stereocenters. The van der Waals surface area contributed by atoms with Crippen molar-refractivity contribution in [3.05, 3.63) is 72.3 Å². The van der Waals surface area contributed by atoms with E-state index in [1.165, 1.54) is 19.2 Å². The molecule has 0 aliphatic heterocycles. The van der Waals surface area contributed by atoms with E-state index in [-0.39, 0.29) is 23.5 Å². The minimum atomic E-state index is -4.52. The van der Waals surface area contributed by atoms with Crippen molar-refractivity contribution in [1.29, 1.82) is 0 Å². The van der Waals surface area contributed by atoms with E-state index in [2.05, 4.69) is 9.97 Å². The maximum atomic E-state index is 13.1. The van der Waals surface area contributed by atoms with Crippen LogP contribution in [0.4, 0.5) is 13.2 Å². The molecule has 0 spiro atoms. The van der Waals surface area contributed by atoms with Crippen molar-refractivity contribution in [3.8, 4) is 34.0 Å². The molecule has 1 aromatic heterocycles. The third-order valence-corrected chi connectivity index (χ3v) is 6.63. The SMILES string of the molecule is COc1cc(-c2cccc(C(F)(F)F)c2)ccc1-c1nc2c(ccc3cc(S(=O)(=O)O)cc(O)c32)[nH]1.Cl. The summed E-state index contributed by atoms with van der Waals surface area (Å²) in [6, 6.07) is 15.3. The minimum Gasteiger partial charge on any atom is -0.507 e. The number of hydrogen-bond acceptors (Lipinski definition) is 5. The van der Waals surface area contributed by atoms with Crippen LogP contribution >= 0.6 is 12.4 Å². The third-order valence-electron chi connectivity index (χ3n) is 5.80. The smallest absolute Gasteiger partial charge is 0.416 e. The summed E-state index contributed by atoms with van der Waals surface area (Å²) >= 11 is 0. The van der Waals surface area contributed by atoms with Crippen LogP contribution in [0.25, 0.3) is 44.3 Å². The topological polar surface area (TPSA) is 113 Å². The maximum absolute atomic E-state index is 13.1. The van der Waals surface area contributed by atoms with Gasteiger partial charge in [-0.1, -0.05) is 24.3 Å². The van der Waals surface area contributed by atoms with Crippen LogP contribution in [0.15, 0.2) is 71.6 Å². The van der Waals surface area contributed by atoms with Crippen LogP contribution in [0.3, 0.4) is 0 Å². The minimum absolute atomic E-state index is 0. The molecule has 0 bridgehead atoms. The monoisotopic (exact) mass is 550 g/mol. The number of phenols is 1. The van der Waals surface area contributed by atoms with E-state index >= 15 is 0 Å². The zero-order valence-corrected chi connectivity index (χ0v) is 20.5. The van der Waals surface area contributed by atoms with Crippen molar-refractivity contribution in [3.63, 3.8) is 0 Å². The van der Waals surface area contributed by atoms with E-state index in [1.807, 2.05) is 0 Å². The second kappa shape index (κ2) is 9.25. The van der Waals surface area contributed by atoms with Gasteiger partial charge in [0.05, 0.1) is 34.0 Å². The van der Waals surface area contributed by atoms with E-state index in [0.717, 1.165) is 18.2 Å². The molecular formula is C25H18ClF3N2O5S. The highest BCUT2D eigenvalue weighted by atomic mass is 35.5. The van der Waals surface area contributed by atoms with E-state index in [4.69, 9.17) is 4.74 Å². The van der Waals surface area contributed by atoms with Gasteiger partial charge in [-0.05, 0) is 52.9 Å². The van der Waals surface area contributed by atoms with Crippen LogP contribution in [-0.4, -0.2) is 35.2 Å². The predicted molar refractivity (Wildman–Crippen MR) is 135 cm³/mol. The van der Waals surface area contributed by atoms with Crippen LogP contribution < -0.4 is 4.74 Å². The van der Waals surface area contributed by atoms with Gasteiger partial charge >= 0.3 is 6.18 Å². The summed E-state index contributed by atoms with van der Waals surface area (Å²) in [6.45, 7) is 0.